The van der Waals surface area contributed by atoms with Gasteiger partial charge in [0.2, 0.25) is 6.33 Å². The van der Waals surface area contributed by atoms with Crippen LogP contribution in [-0.4, -0.2) is 4.98 Å². The molecule has 0 radical (unpaired) electrons. The van der Waals surface area contributed by atoms with E-state index < -0.39 is 0 Å². The number of aromatic nitrogens is 2. The molecule has 7 heteroatoms. The van der Waals surface area contributed by atoms with Crippen LogP contribution in [0.3, 0.4) is 0 Å². The van der Waals surface area contributed by atoms with Gasteiger partial charge in [-0.15, -0.1) is 0 Å². The lowest BCUT2D eigenvalue weighted by Crippen LogP contribution is -2.35. The zero-order valence-electron chi connectivity index (χ0n) is 13.1. The van der Waals surface area contributed by atoms with Crippen molar-refractivity contribution < 1.29 is 9.30 Å². The highest BCUT2D eigenvalue weighted by atomic mass is 35.5. The third-order valence-corrected chi connectivity index (χ3v) is 4.89. The van der Waals surface area contributed by atoms with Crippen LogP contribution in [0.25, 0.3) is 0 Å². The molecule has 25 heavy (non-hydrogen) atoms. The molecule has 1 N–H and O–H groups in total. The van der Waals surface area contributed by atoms with Crippen LogP contribution < -0.4 is 4.57 Å². The van der Waals surface area contributed by atoms with Crippen molar-refractivity contribution in [2.75, 3.05) is 0 Å². The molecule has 0 saturated carbocycles. The van der Waals surface area contributed by atoms with Crippen LogP contribution in [0.15, 0.2) is 55.1 Å². The van der Waals surface area contributed by atoms with Crippen LogP contribution in [0.5, 0.6) is 0 Å². The molecule has 1 aromatic heterocycles. The average Bonchev–Trinajstić information content (AvgIpc) is 3.06. The number of hydrogen-bond donors (Lipinski definition) is 1. The van der Waals surface area contributed by atoms with E-state index in [4.69, 9.17) is 51.1 Å². The minimum absolute atomic E-state index is 0.266. The molecule has 0 aliphatic rings. The molecule has 0 aliphatic heterocycles. The lowest BCUT2D eigenvalue weighted by Gasteiger charge is -2.19. The molecule has 0 saturated heterocycles. The molecule has 3 aromatic rings. The Hall–Kier alpha value is -1.23. The first-order chi connectivity index (χ1) is 12.0. The fourth-order valence-electron chi connectivity index (χ4n) is 2.46. The summed E-state index contributed by atoms with van der Waals surface area (Å²) >= 11 is 24.6. The van der Waals surface area contributed by atoms with Crippen molar-refractivity contribution in [3.8, 4) is 0 Å². The second kappa shape index (κ2) is 8.43. The second-order valence-corrected chi connectivity index (χ2v) is 7.20. The van der Waals surface area contributed by atoms with Crippen LogP contribution >= 0.6 is 46.4 Å². The molecule has 0 amide bonds. The number of imidazole rings is 1. The summed E-state index contributed by atoms with van der Waals surface area (Å²) < 4.78 is 8.12. The van der Waals surface area contributed by atoms with Gasteiger partial charge in [-0.25, -0.2) is 4.57 Å². The van der Waals surface area contributed by atoms with Crippen LogP contribution in [0, 0.1) is 0 Å². The van der Waals surface area contributed by atoms with Crippen molar-refractivity contribution in [1.82, 2.24) is 4.98 Å². The van der Waals surface area contributed by atoms with Gasteiger partial charge in [-0.3, -0.25) is 4.98 Å². The number of aromatic amines is 1. The Bertz CT molecular complexity index is 852. The van der Waals surface area contributed by atoms with Gasteiger partial charge in [-0.05, 0) is 29.8 Å². The quantitative estimate of drug-likeness (QED) is 0.500. The van der Waals surface area contributed by atoms with Crippen molar-refractivity contribution in [1.29, 1.82) is 0 Å². The molecule has 0 spiro atoms. The number of benzene rings is 2. The zero-order chi connectivity index (χ0) is 17.8. The summed E-state index contributed by atoms with van der Waals surface area (Å²) in [7, 11) is 0. The zero-order valence-corrected chi connectivity index (χ0v) is 16.1. The molecular formula is C18H15Cl4N2O+. The number of ether oxygens (including phenoxy) is 1. The van der Waals surface area contributed by atoms with Crippen molar-refractivity contribution in [2.45, 2.75) is 19.3 Å². The number of nitrogens with one attached hydrogen (secondary N) is 1. The van der Waals surface area contributed by atoms with Crippen LogP contribution in [0.1, 0.15) is 17.2 Å². The van der Waals surface area contributed by atoms with E-state index in [9.17, 15) is 0 Å². The van der Waals surface area contributed by atoms with E-state index in [1.807, 2.05) is 35.4 Å². The SMILES string of the molecule is Clc1ccc(CO[C@@H](C[n+]2cc[nH]c2)c2ccc(Cl)cc2Cl)c(Cl)c1. The normalized spacial score (nSPS) is 12.3. The first kappa shape index (κ1) is 18.6. The van der Waals surface area contributed by atoms with E-state index >= 15 is 0 Å². The first-order valence-electron chi connectivity index (χ1n) is 7.55. The maximum atomic E-state index is 6.37. The smallest absolute Gasteiger partial charge is 0.241 e. The highest BCUT2D eigenvalue weighted by Gasteiger charge is 2.19. The Kier molecular flexibility index (Phi) is 6.26. The maximum Gasteiger partial charge on any atom is 0.241 e. The molecule has 0 bridgehead atoms. The molecule has 0 fully saturated rings. The third kappa shape index (κ3) is 4.90. The van der Waals surface area contributed by atoms with E-state index in [1.54, 1.807) is 24.3 Å². The maximum absolute atomic E-state index is 6.37. The highest BCUT2D eigenvalue weighted by molar-refractivity contribution is 6.35. The second-order valence-electron chi connectivity index (χ2n) is 5.51. The Morgan fingerprint density at radius 1 is 0.960 bits per heavy atom. The van der Waals surface area contributed by atoms with Gasteiger partial charge in [0.05, 0.1) is 6.61 Å². The number of H-pyrrole nitrogens is 1. The van der Waals surface area contributed by atoms with Crippen molar-refractivity contribution in [2.24, 2.45) is 0 Å². The minimum Gasteiger partial charge on any atom is -0.365 e. The van der Waals surface area contributed by atoms with E-state index in [0.717, 1.165) is 11.1 Å². The Morgan fingerprint density at radius 3 is 2.32 bits per heavy atom. The standard InChI is InChI=1S/C18H14Cl4N2O/c19-13-2-1-12(16(21)7-13)10-25-18(9-24-6-5-23-11-24)15-4-3-14(20)8-17(15)22/h1-8,11,18H,9-10H2/p+1/t18-/m0/s1. The summed E-state index contributed by atoms with van der Waals surface area (Å²) in [5, 5.41) is 2.31. The van der Waals surface area contributed by atoms with Gasteiger partial charge in [0.15, 0.2) is 0 Å². The fourth-order valence-corrected chi connectivity index (χ4v) is 3.45. The number of rotatable bonds is 6. The third-order valence-electron chi connectivity index (χ3n) is 3.74. The summed E-state index contributed by atoms with van der Waals surface area (Å²) in [5.74, 6) is 0. The van der Waals surface area contributed by atoms with Crippen LogP contribution in [-0.2, 0) is 17.9 Å². The Labute approximate surface area is 166 Å². The number of hydrogen-bond acceptors (Lipinski definition) is 1. The summed E-state index contributed by atoms with van der Waals surface area (Å²) in [6.45, 7) is 0.931. The number of halogens is 4. The summed E-state index contributed by atoms with van der Waals surface area (Å²) in [4.78, 5) is 3.02. The molecule has 1 atom stereocenters. The topological polar surface area (TPSA) is 28.9 Å². The van der Waals surface area contributed by atoms with Crippen molar-refractivity contribution >= 4 is 46.4 Å². The van der Waals surface area contributed by atoms with Gasteiger partial charge in [0.25, 0.3) is 0 Å². The molecule has 3 nitrogen and oxygen atoms in total. The van der Waals surface area contributed by atoms with Gasteiger partial charge in [0.1, 0.15) is 25.0 Å². The highest BCUT2D eigenvalue weighted by Crippen LogP contribution is 2.30. The van der Waals surface area contributed by atoms with Gasteiger partial charge in [-0.1, -0.05) is 58.5 Å². The summed E-state index contributed by atoms with van der Waals surface area (Å²) in [6, 6.07) is 10.7. The molecule has 130 valence electrons. The van der Waals surface area contributed by atoms with Gasteiger partial charge < -0.3 is 4.74 Å². The number of nitrogens with zero attached hydrogens (tertiary/aromatic N) is 1. The molecule has 2 aromatic carbocycles. The minimum atomic E-state index is -0.266. The lowest BCUT2D eigenvalue weighted by atomic mass is 10.1. The van der Waals surface area contributed by atoms with E-state index in [-0.39, 0.29) is 6.10 Å². The van der Waals surface area contributed by atoms with Crippen molar-refractivity contribution in [3.63, 3.8) is 0 Å². The Morgan fingerprint density at radius 2 is 1.68 bits per heavy atom. The fraction of sp³-hybridized carbons (Fsp3) is 0.167. The molecule has 1 heterocycles. The largest absolute Gasteiger partial charge is 0.365 e. The average molecular weight is 417 g/mol. The molecule has 0 aliphatic carbocycles. The predicted molar refractivity (Wildman–Crippen MR) is 101 cm³/mol. The summed E-state index contributed by atoms with van der Waals surface area (Å²) in [6.07, 6.45) is 5.36. The molecule has 0 unspecified atom stereocenters. The van der Waals surface area contributed by atoms with Gasteiger partial charge in [0, 0.05) is 25.7 Å². The first-order valence-corrected chi connectivity index (χ1v) is 9.06. The van der Waals surface area contributed by atoms with E-state index in [0.29, 0.717) is 33.2 Å². The van der Waals surface area contributed by atoms with E-state index in [1.165, 1.54) is 0 Å². The van der Waals surface area contributed by atoms with Crippen LogP contribution in [0.4, 0.5) is 0 Å². The van der Waals surface area contributed by atoms with Crippen molar-refractivity contribution in [3.05, 3.63) is 86.3 Å². The summed E-state index contributed by atoms with van der Waals surface area (Å²) in [5.41, 5.74) is 1.73. The van der Waals surface area contributed by atoms with Crippen LogP contribution in [0.2, 0.25) is 20.1 Å². The predicted octanol–water partition coefficient (Wildman–Crippen LogP) is 5.87. The molecular weight excluding hydrogens is 402 g/mol. The monoisotopic (exact) mass is 415 g/mol. The molecule has 3 rings (SSSR count). The van der Waals surface area contributed by atoms with E-state index in [2.05, 4.69) is 4.98 Å². The Balaban J connectivity index is 1.83. The van der Waals surface area contributed by atoms with Gasteiger partial charge >= 0.3 is 0 Å². The van der Waals surface area contributed by atoms with Gasteiger partial charge in [-0.2, -0.15) is 0 Å². The lowest BCUT2D eigenvalue weighted by molar-refractivity contribution is -0.704.